The number of fused-ring (bicyclic) bond motifs is 1. The van der Waals surface area contributed by atoms with Gasteiger partial charge in [0.25, 0.3) is 0 Å². The van der Waals surface area contributed by atoms with Crippen molar-refractivity contribution in [1.82, 2.24) is 15.0 Å². The number of carbonyl (C=O) groups is 1. The summed E-state index contributed by atoms with van der Waals surface area (Å²) in [6.07, 6.45) is 10.6. The molecule has 0 saturated carbocycles. The first-order valence-corrected chi connectivity index (χ1v) is 10.4. The van der Waals surface area contributed by atoms with E-state index >= 15 is 0 Å². The van der Waals surface area contributed by atoms with E-state index in [4.69, 9.17) is 0 Å². The van der Waals surface area contributed by atoms with Crippen molar-refractivity contribution in [2.24, 2.45) is 0 Å². The molecule has 0 radical (unpaired) electrons. The molecule has 7 nitrogen and oxygen atoms in total. The zero-order chi connectivity index (χ0) is 20.6. The molecule has 0 aromatic carbocycles. The number of aromatic nitrogens is 3. The maximum atomic E-state index is 11.2. The number of carboxylic acids is 1. The van der Waals surface area contributed by atoms with E-state index in [0.29, 0.717) is 5.82 Å². The second-order valence-corrected chi connectivity index (χ2v) is 7.82. The fourth-order valence-electron chi connectivity index (χ4n) is 3.78. The van der Waals surface area contributed by atoms with Gasteiger partial charge in [0, 0.05) is 18.1 Å². The van der Waals surface area contributed by atoms with Crippen LogP contribution < -0.4 is 5.32 Å². The topological polar surface area (TPSA) is 108 Å². The highest BCUT2D eigenvalue weighted by Gasteiger charge is 2.17. The number of hydrogen-bond donors (Lipinski definition) is 3. The smallest absolute Gasteiger partial charge is 0.303 e. The predicted molar refractivity (Wildman–Crippen MR) is 111 cm³/mol. The molecule has 1 aliphatic heterocycles. The summed E-state index contributed by atoms with van der Waals surface area (Å²) < 4.78 is 0. The first-order chi connectivity index (χ1) is 14.0. The van der Waals surface area contributed by atoms with Gasteiger partial charge in [-0.3, -0.25) is 4.79 Å². The van der Waals surface area contributed by atoms with E-state index in [-0.39, 0.29) is 12.3 Å². The lowest BCUT2D eigenvalue weighted by Crippen LogP contribution is -2.25. The number of rotatable bonds is 10. The zero-order valence-corrected chi connectivity index (χ0v) is 17.0. The van der Waals surface area contributed by atoms with E-state index in [1.165, 1.54) is 5.56 Å². The van der Waals surface area contributed by atoms with Crippen LogP contribution in [-0.2, 0) is 17.6 Å². The number of aliphatic carboxylic acids is 1. The van der Waals surface area contributed by atoms with Crippen LogP contribution in [0.25, 0.3) is 0 Å². The van der Waals surface area contributed by atoms with Crippen LogP contribution >= 0.6 is 0 Å². The molecule has 2 aromatic heterocycles. The summed E-state index contributed by atoms with van der Waals surface area (Å²) in [6.45, 7) is 1.82. The Labute approximate surface area is 171 Å². The normalized spacial score (nSPS) is 16.7. The number of anilines is 1. The second kappa shape index (κ2) is 10.3. The van der Waals surface area contributed by atoms with Gasteiger partial charge in [0.05, 0.1) is 6.42 Å². The summed E-state index contributed by atoms with van der Waals surface area (Å²) in [6, 6.07) is 4.19. The molecule has 3 heterocycles. The van der Waals surface area contributed by atoms with E-state index in [9.17, 15) is 15.0 Å². The van der Waals surface area contributed by atoms with Crippen molar-refractivity contribution in [3.8, 4) is 0 Å². The quantitative estimate of drug-likeness (QED) is 0.525. The molecule has 7 heteroatoms. The first kappa shape index (κ1) is 21.2. The second-order valence-electron chi connectivity index (χ2n) is 7.82. The van der Waals surface area contributed by atoms with E-state index < -0.39 is 12.2 Å². The van der Waals surface area contributed by atoms with Crippen molar-refractivity contribution in [3.63, 3.8) is 0 Å². The number of aryl methyl sites for hydroxylation is 3. The molecule has 0 bridgehead atoms. The van der Waals surface area contributed by atoms with Crippen molar-refractivity contribution in [1.29, 1.82) is 0 Å². The molecule has 2 atom stereocenters. The Bertz CT molecular complexity index is 810. The Morgan fingerprint density at radius 3 is 2.72 bits per heavy atom. The van der Waals surface area contributed by atoms with Crippen LogP contribution in [-0.4, -0.2) is 37.4 Å². The number of hydrogen-bond acceptors (Lipinski definition) is 6. The number of carboxylic acid groups (broad SMARTS) is 1. The summed E-state index contributed by atoms with van der Waals surface area (Å²) in [7, 11) is 0. The highest BCUT2D eigenvalue weighted by molar-refractivity contribution is 5.68. The Hall–Kier alpha value is -2.54. The van der Waals surface area contributed by atoms with Gasteiger partial charge in [0.1, 0.15) is 17.9 Å². The number of pyridine rings is 1. The third kappa shape index (κ3) is 6.49. The first-order valence-electron chi connectivity index (χ1n) is 10.4. The van der Waals surface area contributed by atoms with Crippen LogP contribution in [0.1, 0.15) is 73.5 Å². The highest BCUT2D eigenvalue weighted by atomic mass is 16.4. The van der Waals surface area contributed by atoms with Crippen molar-refractivity contribution in [3.05, 3.63) is 47.2 Å². The SMILES string of the molecule is Cc1ncc(C(CCCCCCc2ccc3c(n2)NC(O)CC3)CC(=O)O)cn1. The number of aliphatic hydroxyl groups is 1. The lowest BCUT2D eigenvalue weighted by Gasteiger charge is -2.22. The Balaban J connectivity index is 1.41. The molecule has 29 heavy (non-hydrogen) atoms. The fraction of sp³-hybridized carbons (Fsp3) is 0.545. The maximum absolute atomic E-state index is 11.2. The minimum atomic E-state index is -0.784. The van der Waals surface area contributed by atoms with Crippen LogP contribution in [0.15, 0.2) is 24.5 Å². The van der Waals surface area contributed by atoms with Crippen LogP contribution in [0, 0.1) is 6.92 Å². The molecule has 3 N–H and O–H groups in total. The van der Waals surface area contributed by atoms with Gasteiger partial charge in [-0.05, 0) is 62.1 Å². The monoisotopic (exact) mass is 398 g/mol. The van der Waals surface area contributed by atoms with Gasteiger partial charge in [0.15, 0.2) is 0 Å². The summed E-state index contributed by atoms with van der Waals surface area (Å²) in [5, 5.41) is 22.0. The van der Waals surface area contributed by atoms with Crippen molar-refractivity contribution in [2.75, 3.05) is 5.32 Å². The van der Waals surface area contributed by atoms with Gasteiger partial charge >= 0.3 is 5.97 Å². The lowest BCUT2D eigenvalue weighted by molar-refractivity contribution is -0.137. The standard InChI is InChI=1S/C22H30N4O3/c1-15-23-13-18(14-24-15)17(12-21(28)29)6-4-2-3-5-7-19-10-8-16-9-11-20(27)26-22(16)25-19/h8,10,13-14,17,20,27H,2-7,9,11-12H2,1H3,(H,25,26)(H,28,29). The van der Waals surface area contributed by atoms with E-state index in [0.717, 1.165) is 68.4 Å². The number of aliphatic hydroxyl groups excluding tert-OH is 1. The third-order valence-corrected chi connectivity index (χ3v) is 5.46. The molecule has 0 fully saturated rings. The molecule has 2 aromatic rings. The number of nitrogens with one attached hydrogen (secondary N) is 1. The minimum absolute atomic E-state index is 0.0343. The van der Waals surface area contributed by atoms with Gasteiger partial charge in [-0.25, -0.2) is 15.0 Å². The predicted octanol–water partition coefficient (Wildman–Crippen LogP) is 3.61. The molecular formula is C22H30N4O3. The van der Waals surface area contributed by atoms with Crippen LogP contribution in [0.4, 0.5) is 5.82 Å². The Kier molecular flexibility index (Phi) is 7.52. The molecule has 1 aliphatic rings. The largest absolute Gasteiger partial charge is 0.481 e. The lowest BCUT2D eigenvalue weighted by atomic mass is 9.92. The molecule has 156 valence electrons. The van der Waals surface area contributed by atoms with Gasteiger partial charge in [-0.2, -0.15) is 0 Å². The average Bonchev–Trinajstić information content (AvgIpc) is 2.69. The molecule has 0 aliphatic carbocycles. The number of unbranched alkanes of at least 4 members (excludes halogenated alkanes) is 3. The Morgan fingerprint density at radius 2 is 1.97 bits per heavy atom. The molecule has 0 amide bonds. The Morgan fingerprint density at radius 1 is 1.21 bits per heavy atom. The van der Waals surface area contributed by atoms with Crippen LogP contribution in [0.3, 0.4) is 0 Å². The summed E-state index contributed by atoms with van der Waals surface area (Å²) in [5.74, 6) is 0.696. The molecule has 2 unspecified atom stereocenters. The molecule has 0 spiro atoms. The summed E-state index contributed by atoms with van der Waals surface area (Å²) in [5.41, 5.74) is 3.13. The van der Waals surface area contributed by atoms with Crippen LogP contribution in [0.5, 0.6) is 0 Å². The molecular weight excluding hydrogens is 368 g/mol. The molecule has 0 saturated heterocycles. The van der Waals surface area contributed by atoms with Crippen molar-refractivity contribution < 1.29 is 15.0 Å². The van der Waals surface area contributed by atoms with Crippen molar-refractivity contribution >= 4 is 11.8 Å². The van der Waals surface area contributed by atoms with E-state index in [1.807, 2.05) is 6.92 Å². The third-order valence-electron chi connectivity index (χ3n) is 5.46. The fourth-order valence-corrected chi connectivity index (χ4v) is 3.78. The zero-order valence-electron chi connectivity index (χ0n) is 17.0. The van der Waals surface area contributed by atoms with Crippen molar-refractivity contribution in [2.45, 2.75) is 76.9 Å². The summed E-state index contributed by atoms with van der Waals surface area (Å²) >= 11 is 0. The van der Waals surface area contributed by atoms with E-state index in [1.54, 1.807) is 12.4 Å². The highest BCUT2D eigenvalue weighted by Crippen LogP contribution is 2.26. The van der Waals surface area contributed by atoms with Gasteiger partial charge in [0.2, 0.25) is 0 Å². The van der Waals surface area contributed by atoms with Crippen LogP contribution in [0.2, 0.25) is 0 Å². The van der Waals surface area contributed by atoms with Gasteiger partial charge in [-0.1, -0.05) is 25.3 Å². The van der Waals surface area contributed by atoms with E-state index in [2.05, 4.69) is 32.4 Å². The minimum Gasteiger partial charge on any atom is -0.481 e. The maximum Gasteiger partial charge on any atom is 0.303 e. The summed E-state index contributed by atoms with van der Waals surface area (Å²) in [4.78, 5) is 24.2. The van der Waals surface area contributed by atoms with Gasteiger partial charge in [-0.15, -0.1) is 0 Å². The van der Waals surface area contributed by atoms with Gasteiger partial charge < -0.3 is 15.5 Å². The average molecular weight is 399 g/mol. The molecule has 3 rings (SSSR count). The number of nitrogens with zero attached hydrogens (tertiary/aromatic N) is 3.